The zero-order chi connectivity index (χ0) is 7.56. The lowest BCUT2D eigenvalue weighted by Gasteiger charge is -1.91. The third-order valence-corrected chi connectivity index (χ3v) is 1.13. The lowest BCUT2D eigenvalue weighted by molar-refractivity contribution is 0.0995. The summed E-state index contributed by atoms with van der Waals surface area (Å²) in [6.45, 7) is 0. The van der Waals surface area contributed by atoms with E-state index in [-0.39, 0.29) is 5.69 Å². The van der Waals surface area contributed by atoms with Crippen molar-refractivity contribution in [2.45, 2.75) is 0 Å². The van der Waals surface area contributed by atoms with E-state index in [4.69, 9.17) is 18.0 Å². The van der Waals surface area contributed by atoms with Crippen LogP contribution in [0.15, 0.2) is 12.4 Å². The van der Waals surface area contributed by atoms with Crippen molar-refractivity contribution in [2.75, 3.05) is 0 Å². The highest BCUT2D eigenvalue weighted by Gasteiger charge is 1.97. The van der Waals surface area contributed by atoms with Gasteiger partial charge in [0.2, 0.25) is 0 Å². The smallest absolute Gasteiger partial charge is 0.266 e. The van der Waals surface area contributed by atoms with Gasteiger partial charge < -0.3 is 10.7 Å². The second-order valence-corrected chi connectivity index (χ2v) is 2.11. The highest BCUT2D eigenvalue weighted by molar-refractivity contribution is 7.71. The van der Waals surface area contributed by atoms with Crippen molar-refractivity contribution in [3.63, 3.8) is 0 Å². The number of aromatic nitrogens is 2. The van der Waals surface area contributed by atoms with Crippen molar-refractivity contribution in [1.82, 2.24) is 9.97 Å². The van der Waals surface area contributed by atoms with Gasteiger partial charge in [-0.3, -0.25) is 9.78 Å². The minimum absolute atomic E-state index is 0.229. The Kier molecular flexibility index (Phi) is 1.77. The average Bonchev–Trinajstić information content (AvgIpc) is 1.88. The molecular formula is C5H5N3OS. The van der Waals surface area contributed by atoms with Gasteiger partial charge in [-0.1, -0.05) is 12.2 Å². The molecule has 0 saturated heterocycles. The standard InChI is InChI=1S/C5H5N3OS/c6-5(9)3-1-7-2-4(10)8-3/h1-2H,(H2,6,9)(H,8,10). The normalized spacial score (nSPS) is 9.20. The summed E-state index contributed by atoms with van der Waals surface area (Å²) >= 11 is 4.69. The molecule has 0 aromatic carbocycles. The summed E-state index contributed by atoms with van der Waals surface area (Å²) in [6, 6.07) is 0. The van der Waals surface area contributed by atoms with E-state index in [1.54, 1.807) is 0 Å². The number of aromatic amines is 1. The third-order valence-electron chi connectivity index (χ3n) is 0.919. The molecule has 0 radical (unpaired) electrons. The van der Waals surface area contributed by atoms with Crippen LogP contribution in [0.25, 0.3) is 0 Å². The van der Waals surface area contributed by atoms with E-state index in [2.05, 4.69) is 9.97 Å². The molecule has 1 amide bonds. The first-order chi connectivity index (χ1) is 4.70. The van der Waals surface area contributed by atoms with Crippen LogP contribution in [0.1, 0.15) is 10.5 Å². The van der Waals surface area contributed by atoms with Crippen LogP contribution in [0.4, 0.5) is 0 Å². The number of hydrogen-bond acceptors (Lipinski definition) is 3. The van der Waals surface area contributed by atoms with Gasteiger partial charge in [0.25, 0.3) is 5.91 Å². The summed E-state index contributed by atoms with van der Waals surface area (Å²) in [6.07, 6.45) is 2.76. The number of primary amides is 1. The van der Waals surface area contributed by atoms with E-state index in [1.165, 1.54) is 12.4 Å². The largest absolute Gasteiger partial charge is 0.364 e. The first kappa shape index (κ1) is 6.88. The molecule has 0 bridgehead atoms. The summed E-state index contributed by atoms with van der Waals surface area (Å²) < 4.78 is 0.399. The summed E-state index contributed by atoms with van der Waals surface area (Å²) in [5, 5.41) is 0. The number of carbonyl (C=O) groups excluding carboxylic acids is 1. The van der Waals surface area contributed by atoms with Gasteiger partial charge in [0, 0.05) is 0 Å². The highest BCUT2D eigenvalue weighted by Crippen LogP contribution is 1.88. The van der Waals surface area contributed by atoms with Gasteiger partial charge in [0.1, 0.15) is 10.3 Å². The van der Waals surface area contributed by atoms with Crippen LogP contribution in [0, 0.1) is 4.64 Å². The Morgan fingerprint density at radius 3 is 2.80 bits per heavy atom. The predicted molar refractivity (Wildman–Crippen MR) is 37.9 cm³/mol. The molecule has 52 valence electrons. The highest BCUT2D eigenvalue weighted by atomic mass is 32.1. The second-order valence-electron chi connectivity index (χ2n) is 1.67. The SMILES string of the molecule is NC(=O)c1cncc(=S)[nH]1. The Morgan fingerprint density at radius 1 is 1.70 bits per heavy atom. The fourth-order valence-corrected chi connectivity index (χ4v) is 0.673. The molecule has 0 atom stereocenters. The van der Waals surface area contributed by atoms with Crippen molar-refractivity contribution in [1.29, 1.82) is 0 Å². The Balaban J connectivity index is 3.20. The molecule has 10 heavy (non-hydrogen) atoms. The van der Waals surface area contributed by atoms with Crippen LogP contribution in [0.2, 0.25) is 0 Å². The van der Waals surface area contributed by atoms with Crippen LogP contribution >= 0.6 is 12.2 Å². The van der Waals surface area contributed by atoms with E-state index in [0.717, 1.165) is 0 Å². The Morgan fingerprint density at radius 2 is 2.40 bits per heavy atom. The van der Waals surface area contributed by atoms with Crippen LogP contribution in [0.3, 0.4) is 0 Å². The quantitative estimate of drug-likeness (QED) is 0.570. The maximum absolute atomic E-state index is 10.5. The Bertz CT molecular complexity index is 306. The molecule has 1 heterocycles. The van der Waals surface area contributed by atoms with Crippen molar-refractivity contribution < 1.29 is 4.79 Å². The summed E-state index contributed by atoms with van der Waals surface area (Å²) in [5.74, 6) is -0.556. The van der Waals surface area contributed by atoms with Gasteiger partial charge >= 0.3 is 0 Å². The van der Waals surface area contributed by atoms with Crippen molar-refractivity contribution in [2.24, 2.45) is 5.73 Å². The number of nitrogens with two attached hydrogens (primary N) is 1. The van der Waals surface area contributed by atoms with Crippen LogP contribution in [-0.2, 0) is 0 Å². The number of rotatable bonds is 1. The molecule has 4 nitrogen and oxygen atoms in total. The molecule has 1 rings (SSSR count). The molecule has 1 aromatic heterocycles. The van der Waals surface area contributed by atoms with Gasteiger partial charge in [0.05, 0.1) is 12.4 Å². The molecule has 3 N–H and O–H groups in total. The molecule has 5 heteroatoms. The monoisotopic (exact) mass is 155 g/mol. The number of H-pyrrole nitrogens is 1. The molecule has 0 fully saturated rings. The Hall–Kier alpha value is -1.23. The van der Waals surface area contributed by atoms with E-state index < -0.39 is 5.91 Å². The molecule has 0 saturated carbocycles. The van der Waals surface area contributed by atoms with E-state index in [0.29, 0.717) is 4.64 Å². The molecule has 0 aliphatic carbocycles. The Labute approximate surface area is 62.1 Å². The van der Waals surface area contributed by atoms with Crippen LogP contribution in [-0.4, -0.2) is 15.9 Å². The van der Waals surface area contributed by atoms with Gasteiger partial charge in [0.15, 0.2) is 0 Å². The number of nitrogens with one attached hydrogen (secondary N) is 1. The fourth-order valence-electron chi connectivity index (χ4n) is 0.502. The van der Waals surface area contributed by atoms with Crippen molar-refractivity contribution in [3.05, 3.63) is 22.7 Å². The molecule has 0 spiro atoms. The average molecular weight is 155 g/mol. The summed E-state index contributed by atoms with van der Waals surface area (Å²) in [5.41, 5.74) is 5.16. The minimum atomic E-state index is -0.556. The van der Waals surface area contributed by atoms with Gasteiger partial charge in [-0.25, -0.2) is 0 Å². The molecule has 1 aromatic rings. The predicted octanol–water partition coefficient (Wildman–Crippen LogP) is 0.238. The van der Waals surface area contributed by atoms with Crippen LogP contribution in [0.5, 0.6) is 0 Å². The second kappa shape index (κ2) is 2.57. The van der Waals surface area contributed by atoms with Gasteiger partial charge in [-0.2, -0.15) is 0 Å². The number of hydrogen-bond donors (Lipinski definition) is 2. The maximum Gasteiger partial charge on any atom is 0.266 e. The molecular weight excluding hydrogens is 150 g/mol. The van der Waals surface area contributed by atoms with E-state index >= 15 is 0 Å². The molecule has 0 aliphatic heterocycles. The number of amides is 1. The third kappa shape index (κ3) is 1.38. The van der Waals surface area contributed by atoms with Crippen molar-refractivity contribution in [3.8, 4) is 0 Å². The summed E-state index contributed by atoms with van der Waals surface area (Å²) in [4.78, 5) is 16.7. The van der Waals surface area contributed by atoms with Gasteiger partial charge in [-0.05, 0) is 0 Å². The number of nitrogens with zero attached hydrogens (tertiary/aromatic N) is 1. The zero-order valence-corrected chi connectivity index (χ0v) is 5.81. The minimum Gasteiger partial charge on any atom is -0.364 e. The topological polar surface area (TPSA) is 71.8 Å². The first-order valence-electron chi connectivity index (χ1n) is 2.54. The molecule has 0 aliphatic rings. The lowest BCUT2D eigenvalue weighted by atomic mass is 10.4. The molecule has 0 unspecified atom stereocenters. The zero-order valence-electron chi connectivity index (χ0n) is 5.00. The first-order valence-corrected chi connectivity index (χ1v) is 2.95. The number of carbonyl (C=O) groups is 1. The van der Waals surface area contributed by atoms with Gasteiger partial charge in [-0.15, -0.1) is 0 Å². The summed E-state index contributed by atoms with van der Waals surface area (Å²) in [7, 11) is 0. The van der Waals surface area contributed by atoms with E-state index in [9.17, 15) is 4.79 Å². The van der Waals surface area contributed by atoms with Crippen molar-refractivity contribution >= 4 is 18.1 Å². The van der Waals surface area contributed by atoms with E-state index in [1.807, 2.05) is 0 Å². The fraction of sp³-hybridized carbons (Fsp3) is 0. The lowest BCUT2D eigenvalue weighted by Crippen LogP contribution is -2.13. The maximum atomic E-state index is 10.5. The van der Waals surface area contributed by atoms with Crippen LogP contribution < -0.4 is 5.73 Å².